The first-order chi connectivity index (χ1) is 21.3. The molecule has 4 aromatic rings. The Morgan fingerprint density at radius 1 is 0.977 bits per heavy atom. The van der Waals surface area contributed by atoms with Crippen molar-refractivity contribution in [2.45, 2.75) is 31.0 Å². The maximum absolute atomic E-state index is 12.8. The summed E-state index contributed by atoms with van der Waals surface area (Å²) in [6, 6.07) is 10.8. The number of imidazole rings is 1. The highest BCUT2D eigenvalue weighted by atomic mass is 16.6. The van der Waals surface area contributed by atoms with E-state index in [9.17, 15) is 19.8 Å². The number of carbonyl (C=O) groups excluding carboxylic acids is 2. The van der Waals surface area contributed by atoms with Crippen LogP contribution >= 0.6 is 0 Å². The average molecular weight is 608 g/mol. The highest BCUT2D eigenvalue weighted by Crippen LogP contribution is 2.38. The van der Waals surface area contributed by atoms with Crippen LogP contribution in [0.15, 0.2) is 49.1 Å². The molecule has 5 N–H and O–H groups in total. The molecule has 0 bridgehead atoms. The van der Waals surface area contributed by atoms with Gasteiger partial charge in [-0.05, 0) is 36.2 Å². The van der Waals surface area contributed by atoms with E-state index in [1.807, 2.05) is 24.3 Å². The summed E-state index contributed by atoms with van der Waals surface area (Å²) in [6.45, 7) is 0.400. The van der Waals surface area contributed by atoms with Crippen LogP contribution in [0.2, 0.25) is 0 Å². The number of likely N-dealkylation sites (N-methyl/N-ethyl adjacent to an activating group) is 1. The lowest BCUT2D eigenvalue weighted by Gasteiger charge is -2.16. The van der Waals surface area contributed by atoms with E-state index in [1.165, 1.54) is 45.6 Å². The van der Waals surface area contributed by atoms with Gasteiger partial charge in [0.2, 0.25) is 5.75 Å². The van der Waals surface area contributed by atoms with E-state index in [2.05, 4.69) is 30.9 Å². The van der Waals surface area contributed by atoms with Gasteiger partial charge in [0.25, 0.3) is 11.8 Å². The smallest absolute Gasteiger partial charge is 0.251 e. The van der Waals surface area contributed by atoms with Gasteiger partial charge in [0.15, 0.2) is 40.8 Å². The predicted octanol–water partition coefficient (Wildman–Crippen LogP) is 0.933. The number of fused-ring (bicyclic) bond motifs is 1. The van der Waals surface area contributed by atoms with Crippen molar-refractivity contribution in [2.24, 2.45) is 0 Å². The first-order valence-corrected chi connectivity index (χ1v) is 13.6. The molecule has 5 rings (SSSR count). The molecule has 1 saturated heterocycles. The summed E-state index contributed by atoms with van der Waals surface area (Å²) in [4.78, 5) is 37.8. The summed E-state index contributed by atoms with van der Waals surface area (Å²) in [6.07, 6.45) is -1.77. The quantitative estimate of drug-likeness (QED) is 0.162. The van der Waals surface area contributed by atoms with Crippen molar-refractivity contribution in [2.75, 3.05) is 40.2 Å². The van der Waals surface area contributed by atoms with Crippen LogP contribution in [0.4, 0.5) is 11.5 Å². The lowest BCUT2D eigenvalue weighted by molar-refractivity contribution is -0.137. The minimum Gasteiger partial charge on any atom is -0.493 e. The number of aliphatic hydroxyl groups is 2. The summed E-state index contributed by atoms with van der Waals surface area (Å²) in [5.74, 6) is 0.786. The largest absolute Gasteiger partial charge is 0.493 e. The number of amides is 2. The Kier molecular flexibility index (Phi) is 9.08. The summed E-state index contributed by atoms with van der Waals surface area (Å²) in [5.41, 5.74) is 2.86. The number of rotatable bonds is 11. The number of hydrogen-bond acceptors (Lipinski definition) is 12. The molecule has 44 heavy (non-hydrogen) atoms. The Morgan fingerprint density at radius 2 is 1.68 bits per heavy atom. The van der Waals surface area contributed by atoms with Crippen molar-refractivity contribution in [3.8, 4) is 17.2 Å². The van der Waals surface area contributed by atoms with Crippen LogP contribution in [-0.4, -0.2) is 94.8 Å². The highest BCUT2D eigenvalue weighted by Gasteiger charge is 2.47. The van der Waals surface area contributed by atoms with Gasteiger partial charge in [-0.3, -0.25) is 14.2 Å². The molecule has 1 aliphatic rings. The summed E-state index contributed by atoms with van der Waals surface area (Å²) >= 11 is 0. The molecule has 2 aromatic carbocycles. The van der Waals surface area contributed by atoms with Crippen LogP contribution in [0.1, 0.15) is 22.1 Å². The van der Waals surface area contributed by atoms with Gasteiger partial charge in [0, 0.05) is 24.8 Å². The maximum Gasteiger partial charge on any atom is 0.251 e. The Balaban J connectivity index is 1.22. The standard InChI is InChI=1S/C29H33N7O8/c1-30-28(40)24-21(37)22(38)29(44-24)36-14-34-20-25(32-13-33-26(20)36)35-17-7-5-15(6-8-17)9-10-31-27(39)16-11-18(41-2)23(43-4)19(12-16)42-3/h5-8,11-14,21-22,24,29,37-38H,9-10H2,1-4H3,(H,30,40)(H,31,39)(H,32,33,35)/t21?,22-,24-,29+/m0/s1. The van der Waals surface area contributed by atoms with Crippen LogP contribution in [-0.2, 0) is 16.0 Å². The molecule has 15 heteroatoms. The molecule has 15 nitrogen and oxygen atoms in total. The fourth-order valence-corrected chi connectivity index (χ4v) is 4.90. The fourth-order valence-electron chi connectivity index (χ4n) is 4.90. The molecule has 2 aromatic heterocycles. The monoisotopic (exact) mass is 607 g/mol. The average Bonchev–Trinajstić information content (AvgIpc) is 3.61. The molecule has 1 unspecified atom stereocenters. The second kappa shape index (κ2) is 13.1. The molecule has 0 radical (unpaired) electrons. The van der Waals surface area contributed by atoms with Gasteiger partial charge in [-0.1, -0.05) is 12.1 Å². The molecule has 232 valence electrons. The van der Waals surface area contributed by atoms with E-state index in [0.717, 1.165) is 11.3 Å². The molecule has 4 atom stereocenters. The Bertz CT molecular complexity index is 1620. The second-order valence-corrected chi connectivity index (χ2v) is 9.83. The lowest BCUT2D eigenvalue weighted by atomic mass is 10.1. The van der Waals surface area contributed by atoms with Gasteiger partial charge >= 0.3 is 0 Å². The number of hydrogen-bond donors (Lipinski definition) is 5. The normalized spacial score (nSPS) is 19.4. The number of anilines is 2. The number of aromatic nitrogens is 4. The van der Waals surface area contributed by atoms with Crippen molar-refractivity contribution in [3.05, 3.63) is 60.2 Å². The number of methoxy groups -OCH3 is 3. The summed E-state index contributed by atoms with van der Waals surface area (Å²) in [5, 5.41) is 29.4. The van der Waals surface area contributed by atoms with Crippen molar-refractivity contribution >= 4 is 34.5 Å². The Labute approximate surface area is 252 Å². The number of aliphatic hydroxyl groups excluding tert-OH is 2. The molecule has 1 fully saturated rings. The number of nitrogens with one attached hydrogen (secondary N) is 3. The predicted molar refractivity (Wildman–Crippen MR) is 157 cm³/mol. The first kappa shape index (κ1) is 30.5. The molecule has 2 amide bonds. The molecular formula is C29H33N7O8. The van der Waals surface area contributed by atoms with Crippen molar-refractivity contribution in [3.63, 3.8) is 0 Å². The highest BCUT2D eigenvalue weighted by molar-refractivity contribution is 5.95. The van der Waals surface area contributed by atoms with Crippen LogP contribution in [0.25, 0.3) is 11.2 Å². The van der Waals surface area contributed by atoms with Crippen molar-refractivity contribution < 1.29 is 38.7 Å². The van der Waals surface area contributed by atoms with Gasteiger partial charge in [0.1, 0.15) is 18.5 Å². The molecule has 1 aliphatic heterocycles. The Morgan fingerprint density at radius 3 is 2.32 bits per heavy atom. The van der Waals surface area contributed by atoms with E-state index < -0.39 is 30.4 Å². The van der Waals surface area contributed by atoms with Crippen LogP contribution < -0.4 is 30.2 Å². The summed E-state index contributed by atoms with van der Waals surface area (Å²) < 4.78 is 23.1. The third kappa shape index (κ3) is 5.92. The van der Waals surface area contributed by atoms with E-state index in [0.29, 0.717) is 52.8 Å². The van der Waals surface area contributed by atoms with Crippen LogP contribution in [0, 0.1) is 0 Å². The third-order valence-electron chi connectivity index (χ3n) is 7.22. The molecule has 0 spiro atoms. The second-order valence-electron chi connectivity index (χ2n) is 9.83. The van der Waals surface area contributed by atoms with Crippen molar-refractivity contribution in [1.29, 1.82) is 0 Å². The van der Waals surface area contributed by atoms with Gasteiger partial charge in [-0.15, -0.1) is 0 Å². The number of benzene rings is 2. The van der Waals surface area contributed by atoms with E-state index in [4.69, 9.17) is 18.9 Å². The third-order valence-corrected chi connectivity index (χ3v) is 7.22. The number of nitrogens with zero attached hydrogens (tertiary/aromatic N) is 4. The minimum absolute atomic E-state index is 0.274. The molecule has 0 saturated carbocycles. The molecular weight excluding hydrogens is 574 g/mol. The maximum atomic E-state index is 12.8. The van der Waals surface area contributed by atoms with E-state index in [1.54, 1.807) is 12.1 Å². The van der Waals surface area contributed by atoms with Gasteiger partial charge < -0.3 is 45.1 Å². The van der Waals surface area contributed by atoms with Crippen LogP contribution in [0.5, 0.6) is 17.2 Å². The first-order valence-electron chi connectivity index (χ1n) is 13.6. The number of carbonyl (C=O) groups is 2. The molecule has 0 aliphatic carbocycles. The zero-order valence-electron chi connectivity index (χ0n) is 24.5. The lowest BCUT2D eigenvalue weighted by Crippen LogP contribution is -2.41. The zero-order valence-corrected chi connectivity index (χ0v) is 24.5. The number of ether oxygens (including phenoxy) is 4. The topological polar surface area (TPSA) is 191 Å². The SMILES string of the molecule is CNC(=O)[C@H]1O[C@@H](n2cnc3c(Nc4ccc(CCNC(=O)c5cc(OC)c(OC)c(OC)c5)cc4)ncnc32)[C@@H](O)C1O. The molecule has 3 heterocycles. The van der Waals surface area contributed by atoms with Gasteiger partial charge in [-0.25, -0.2) is 15.0 Å². The summed E-state index contributed by atoms with van der Waals surface area (Å²) in [7, 11) is 5.90. The van der Waals surface area contributed by atoms with E-state index in [-0.39, 0.29) is 5.91 Å². The van der Waals surface area contributed by atoms with Crippen molar-refractivity contribution in [1.82, 2.24) is 30.2 Å². The Hall–Kier alpha value is -4.99. The van der Waals surface area contributed by atoms with Gasteiger partial charge in [0.05, 0.1) is 27.7 Å². The van der Waals surface area contributed by atoms with E-state index >= 15 is 0 Å². The minimum atomic E-state index is -1.42. The van der Waals surface area contributed by atoms with Gasteiger partial charge in [-0.2, -0.15) is 0 Å². The zero-order chi connectivity index (χ0) is 31.4. The van der Waals surface area contributed by atoms with Crippen LogP contribution in [0.3, 0.4) is 0 Å². The fraction of sp³-hybridized carbons (Fsp3) is 0.345.